The van der Waals surface area contributed by atoms with Crippen LogP contribution in [0, 0.1) is 0 Å². The number of hydrogen-bond donors (Lipinski definition) is 3. The topological polar surface area (TPSA) is 95.7 Å². The van der Waals surface area contributed by atoms with Crippen LogP contribution in [0.2, 0.25) is 0 Å². The Morgan fingerprint density at radius 1 is 1.00 bits per heavy atom. The van der Waals surface area contributed by atoms with Crippen LogP contribution in [-0.2, 0) is 17.8 Å². The minimum Gasteiger partial charge on any atom is -0.465 e. The summed E-state index contributed by atoms with van der Waals surface area (Å²) < 4.78 is 0.919. The Morgan fingerprint density at radius 2 is 1.64 bits per heavy atom. The van der Waals surface area contributed by atoms with E-state index in [4.69, 9.17) is 5.73 Å². The van der Waals surface area contributed by atoms with Gasteiger partial charge in [0.15, 0.2) is 0 Å². The van der Waals surface area contributed by atoms with Gasteiger partial charge in [0, 0.05) is 35.1 Å². The van der Waals surface area contributed by atoms with E-state index in [9.17, 15) is 14.7 Å². The highest BCUT2D eigenvalue weighted by Gasteiger charge is 2.35. The van der Waals surface area contributed by atoms with Crippen LogP contribution < -0.4 is 11.1 Å². The number of carbonyl (C=O) groups is 2. The van der Waals surface area contributed by atoms with Crippen LogP contribution in [0.25, 0.3) is 0 Å². The molecular formula is C26H26BrN3O3. The lowest BCUT2D eigenvalue weighted by Crippen LogP contribution is -2.47. The van der Waals surface area contributed by atoms with Gasteiger partial charge in [-0.1, -0.05) is 70.5 Å². The Labute approximate surface area is 201 Å². The molecule has 0 radical (unpaired) electrons. The number of benzene rings is 3. The summed E-state index contributed by atoms with van der Waals surface area (Å²) in [7, 11) is 0. The lowest BCUT2D eigenvalue weighted by Gasteiger charge is -2.29. The van der Waals surface area contributed by atoms with Gasteiger partial charge in [0.05, 0.1) is 0 Å². The fraction of sp³-hybridized carbons (Fsp3) is 0.231. The molecule has 2 amide bonds. The molecule has 0 heterocycles. The largest absolute Gasteiger partial charge is 0.465 e. The van der Waals surface area contributed by atoms with Gasteiger partial charge in [-0.05, 0) is 47.4 Å². The standard InChI is InChI=1S/C26H26BrN3O3/c27-20-10-6-17(7-11-20)14-24(30(26(32)33)16-18-4-2-1-3-5-18)25(31)29-21-12-8-19(9-13-21)22-15-23(22)28/h1-13,22-24H,14-16,28H2,(H,29,31)(H,32,33)/t22-,23+,24?/m0/s1. The normalized spacial score (nSPS) is 17.8. The Balaban J connectivity index is 1.56. The number of rotatable bonds is 8. The van der Waals surface area contributed by atoms with Crippen LogP contribution in [0.4, 0.5) is 10.5 Å². The first kappa shape index (κ1) is 23.0. The van der Waals surface area contributed by atoms with Crippen molar-refractivity contribution in [3.05, 3.63) is 100 Å². The van der Waals surface area contributed by atoms with Crippen molar-refractivity contribution >= 4 is 33.6 Å². The number of anilines is 1. The maximum Gasteiger partial charge on any atom is 0.408 e. The van der Waals surface area contributed by atoms with E-state index >= 15 is 0 Å². The van der Waals surface area contributed by atoms with Crippen LogP contribution in [0.1, 0.15) is 29.0 Å². The summed E-state index contributed by atoms with van der Waals surface area (Å²) >= 11 is 3.41. The number of hydrogen-bond acceptors (Lipinski definition) is 3. The third-order valence-corrected chi connectivity index (χ3v) is 6.44. The second kappa shape index (κ2) is 10.2. The highest BCUT2D eigenvalue weighted by molar-refractivity contribution is 9.10. The molecule has 33 heavy (non-hydrogen) atoms. The highest BCUT2D eigenvalue weighted by atomic mass is 79.9. The van der Waals surface area contributed by atoms with Crippen LogP contribution in [0.15, 0.2) is 83.3 Å². The second-order valence-electron chi connectivity index (χ2n) is 8.36. The summed E-state index contributed by atoms with van der Waals surface area (Å²) in [6.45, 7) is 0.114. The van der Waals surface area contributed by atoms with E-state index < -0.39 is 12.1 Å². The summed E-state index contributed by atoms with van der Waals surface area (Å²) in [6, 6.07) is 23.8. The van der Waals surface area contributed by atoms with Gasteiger partial charge in [-0.15, -0.1) is 0 Å². The Bertz CT molecular complexity index is 1100. The van der Waals surface area contributed by atoms with Crippen LogP contribution in [-0.4, -0.2) is 34.1 Å². The summed E-state index contributed by atoms with van der Waals surface area (Å²) in [4.78, 5) is 26.8. The highest BCUT2D eigenvalue weighted by Crippen LogP contribution is 2.39. The third-order valence-electron chi connectivity index (χ3n) is 5.91. The number of carboxylic acid groups (broad SMARTS) is 1. The first-order valence-corrected chi connectivity index (χ1v) is 11.6. The zero-order valence-corrected chi connectivity index (χ0v) is 19.6. The molecule has 3 aromatic rings. The first-order valence-electron chi connectivity index (χ1n) is 10.8. The average molecular weight is 508 g/mol. The number of halogens is 1. The molecule has 6 nitrogen and oxygen atoms in total. The number of nitrogens with one attached hydrogen (secondary N) is 1. The summed E-state index contributed by atoms with van der Waals surface area (Å²) in [6.07, 6.45) is 0.0931. The van der Waals surface area contributed by atoms with Crippen molar-refractivity contribution in [1.29, 1.82) is 0 Å². The number of nitrogens with two attached hydrogens (primary N) is 1. The lowest BCUT2D eigenvalue weighted by molar-refractivity contribution is -0.121. The van der Waals surface area contributed by atoms with Gasteiger partial charge in [0.1, 0.15) is 6.04 Å². The van der Waals surface area contributed by atoms with Gasteiger partial charge in [0.25, 0.3) is 0 Å². The fourth-order valence-electron chi connectivity index (χ4n) is 3.92. The van der Waals surface area contributed by atoms with Gasteiger partial charge in [-0.3, -0.25) is 9.69 Å². The number of amides is 2. The first-order chi connectivity index (χ1) is 15.9. The van der Waals surface area contributed by atoms with Gasteiger partial charge < -0.3 is 16.2 Å². The van der Waals surface area contributed by atoms with Crippen molar-refractivity contribution in [2.75, 3.05) is 5.32 Å². The molecule has 1 saturated carbocycles. The maximum absolute atomic E-state index is 13.4. The minimum atomic E-state index is -1.14. The zero-order valence-electron chi connectivity index (χ0n) is 18.0. The van der Waals surface area contributed by atoms with Crippen molar-refractivity contribution in [2.24, 2.45) is 5.73 Å². The molecular weight excluding hydrogens is 482 g/mol. The molecule has 0 spiro atoms. The molecule has 1 aliphatic rings. The zero-order chi connectivity index (χ0) is 23.4. The van der Waals surface area contributed by atoms with Gasteiger partial charge in [0.2, 0.25) is 5.91 Å². The van der Waals surface area contributed by atoms with Crippen molar-refractivity contribution in [2.45, 2.75) is 37.4 Å². The quantitative estimate of drug-likeness (QED) is 0.400. The average Bonchev–Trinajstić information content (AvgIpc) is 3.55. The molecule has 4 rings (SSSR count). The predicted molar refractivity (Wildman–Crippen MR) is 132 cm³/mol. The molecule has 1 unspecified atom stereocenters. The number of nitrogens with zero attached hydrogens (tertiary/aromatic N) is 1. The monoisotopic (exact) mass is 507 g/mol. The molecule has 7 heteroatoms. The second-order valence-corrected chi connectivity index (χ2v) is 9.28. The van der Waals surface area contributed by atoms with Crippen LogP contribution >= 0.6 is 15.9 Å². The van der Waals surface area contributed by atoms with Gasteiger partial charge in [-0.25, -0.2) is 4.79 Å². The molecule has 4 N–H and O–H groups in total. The molecule has 0 bridgehead atoms. The van der Waals surface area contributed by atoms with Crippen molar-refractivity contribution < 1.29 is 14.7 Å². The Morgan fingerprint density at radius 3 is 2.21 bits per heavy atom. The molecule has 3 atom stereocenters. The summed E-state index contributed by atoms with van der Waals surface area (Å²) in [5.74, 6) is 0.0143. The van der Waals surface area contributed by atoms with E-state index in [0.29, 0.717) is 11.6 Å². The van der Waals surface area contributed by atoms with E-state index in [1.807, 2.05) is 78.9 Å². The van der Waals surface area contributed by atoms with Crippen molar-refractivity contribution in [3.63, 3.8) is 0 Å². The Hall–Kier alpha value is -3.16. The van der Waals surface area contributed by atoms with Gasteiger partial charge >= 0.3 is 6.09 Å². The van der Waals surface area contributed by atoms with Gasteiger partial charge in [-0.2, -0.15) is 0 Å². The van der Waals surface area contributed by atoms with E-state index in [1.54, 1.807) is 0 Å². The maximum atomic E-state index is 13.4. The molecule has 0 aliphatic heterocycles. The number of carbonyl (C=O) groups excluding carboxylic acids is 1. The Kier molecular flexibility index (Phi) is 7.11. The fourth-order valence-corrected chi connectivity index (χ4v) is 4.18. The van der Waals surface area contributed by atoms with E-state index in [-0.39, 0.29) is 24.9 Å². The van der Waals surface area contributed by atoms with Crippen LogP contribution in [0.3, 0.4) is 0 Å². The SMILES string of the molecule is N[C@@H]1C[C@H]1c1ccc(NC(=O)C(Cc2ccc(Br)cc2)N(Cc2ccccc2)C(=O)O)cc1. The van der Waals surface area contributed by atoms with Crippen molar-refractivity contribution in [3.8, 4) is 0 Å². The molecule has 1 aliphatic carbocycles. The summed E-state index contributed by atoms with van der Waals surface area (Å²) in [5.41, 5.74) is 9.40. The molecule has 170 valence electrons. The molecule has 1 fully saturated rings. The minimum absolute atomic E-state index is 0.114. The van der Waals surface area contributed by atoms with E-state index in [2.05, 4.69) is 21.2 Å². The summed E-state index contributed by atoms with van der Waals surface area (Å²) in [5, 5.41) is 12.9. The van der Waals surface area contributed by atoms with Crippen LogP contribution in [0.5, 0.6) is 0 Å². The predicted octanol–water partition coefficient (Wildman–Crippen LogP) is 4.99. The molecule has 3 aromatic carbocycles. The smallest absolute Gasteiger partial charge is 0.408 e. The molecule has 0 aromatic heterocycles. The molecule has 0 saturated heterocycles. The third kappa shape index (κ3) is 6.00. The van der Waals surface area contributed by atoms with Crippen molar-refractivity contribution in [1.82, 2.24) is 4.90 Å². The van der Waals surface area contributed by atoms with E-state index in [1.165, 1.54) is 4.90 Å². The lowest BCUT2D eigenvalue weighted by atomic mass is 10.0. The van der Waals surface area contributed by atoms with E-state index in [0.717, 1.165) is 27.6 Å².